The zero-order valence-electron chi connectivity index (χ0n) is 11.5. The van der Waals surface area contributed by atoms with E-state index < -0.39 is 0 Å². The molecule has 0 aliphatic carbocycles. The Balaban J connectivity index is 1.69. The molecule has 20 heavy (non-hydrogen) atoms. The average molecular weight is 276 g/mol. The second kappa shape index (κ2) is 5.68. The summed E-state index contributed by atoms with van der Waals surface area (Å²) in [6.45, 7) is 5.28. The summed E-state index contributed by atoms with van der Waals surface area (Å²) < 4.78 is 7.10. The average Bonchev–Trinajstić information content (AvgIpc) is 2.76. The molecule has 1 aliphatic heterocycles. The van der Waals surface area contributed by atoms with Gasteiger partial charge in [-0.25, -0.2) is 4.79 Å². The molecular weight excluding hydrogens is 256 g/mol. The van der Waals surface area contributed by atoms with Crippen LogP contribution in [0.1, 0.15) is 6.42 Å². The Hall–Kier alpha value is -1.79. The molecule has 108 valence electrons. The van der Waals surface area contributed by atoms with Crippen LogP contribution < -0.4 is 11.4 Å². The molecule has 0 radical (unpaired) electrons. The summed E-state index contributed by atoms with van der Waals surface area (Å²) in [5.41, 5.74) is 8.14. The maximum absolute atomic E-state index is 12.0. The molecule has 0 amide bonds. The van der Waals surface area contributed by atoms with E-state index in [4.69, 9.17) is 10.5 Å². The number of imidazole rings is 1. The highest BCUT2D eigenvalue weighted by molar-refractivity contribution is 5.78. The Kier molecular flexibility index (Phi) is 3.75. The monoisotopic (exact) mass is 276 g/mol. The highest BCUT2D eigenvalue weighted by Crippen LogP contribution is 2.14. The molecule has 3 N–H and O–H groups in total. The number of anilines is 1. The highest BCUT2D eigenvalue weighted by atomic mass is 16.5. The van der Waals surface area contributed by atoms with Gasteiger partial charge in [0.2, 0.25) is 0 Å². The summed E-state index contributed by atoms with van der Waals surface area (Å²) in [6.07, 6.45) is 0.946. The lowest BCUT2D eigenvalue weighted by molar-refractivity contribution is 0.0369. The first kappa shape index (κ1) is 13.2. The van der Waals surface area contributed by atoms with Crippen LogP contribution in [-0.2, 0) is 11.3 Å². The van der Waals surface area contributed by atoms with Gasteiger partial charge in [0, 0.05) is 31.9 Å². The van der Waals surface area contributed by atoms with Crippen molar-refractivity contribution in [2.75, 3.05) is 38.6 Å². The van der Waals surface area contributed by atoms with Crippen LogP contribution in [0, 0.1) is 0 Å². The zero-order chi connectivity index (χ0) is 13.9. The van der Waals surface area contributed by atoms with Crippen molar-refractivity contribution in [1.29, 1.82) is 0 Å². The maximum atomic E-state index is 12.0. The molecule has 0 spiro atoms. The van der Waals surface area contributed by atoms with Crippen LogP contribution in [0.15, 0.2) is 23.0 Å². The quantitative estimate of drug-likeness (QED) is 0.803. The third-order valence-electron chi connectivity index (χ3n) is 3.76. The Morgan fingerprint density at radius 2 is 2.05 bits per heavy atom. The third kappa shape index (κ3) is 2.71. The van der Waals surface area contributed by atoms with Gasteiger partial charge in [0.1, 0.15) is 0 Å². The number of rotatable bonds is 4. The van der Waals surface area contributed by atoms with Crippen LogP contribution in [0.25, 0.3) is 11.0 Å². The van der Waals surface area contributed by atoms with Crippen LogP contribution in [0.4, 0.5) is 5.69 Å². The molecule has 3 rings (SSSR count). The fraction of sp³-hybridized carbons (Fsp3) is 0.500. The predicted molar refractivity (Wildman–Crippen MR) is 78.8 cm³/mol. The number of aromatic amines is 1. The summed E-state index contributed by atoms with van der Waals surface area (Å²) in [5.74, 6) is 0. The summed E-state index contributed by atoms with van der Waals surface area (Å²) in [5, 5.41) is 0. The summed E-state index contributed by atoms with van der Waals surface area (Å²) in [6, 6.07) is 5.50. The third-order valence-corrected chi connectivity index (χ3v) is 3.76. The topological polar surface area (TPSA) is 76.3 Å². The number of ether oxygens (including phenoxy) is 1. The molecule has 6 heteroatoms. The lowest BCUT2D eigenvalue weighted by Crippen LogP contribution is -2.37. The van der Waals surface area contributed by atoms with Crippen molar-refractivity contribution in [1.82, 2.24) is 14.5 Å². The number of aromatic nitrogens is 2. The van der Waals surface area contributed by atoms with E-state index in [2.05, 4.69) is 9.88 Å². The van der Waals surface area contributed by atoms with Crippen molar-refractivity contribution < 1.29 is 4.74 Å². The minimum absolute atomic E-state index is 0.0624. The van der Waals surface area contributed by atoms with Gasteiger partial charge < -0.3 is 15.5 Å². The molecule has 1 aromatic carbocycles. The van der Waals surface area contributed by atoms with E-state index in [9.17, 15) is 4.79 Å². The van der Waals surface area contributed by atoms with E-state index in [0.29, 0.717) is 12.2 Å². The number of nitrogens with zero attached hydrogens (tertiary/aromatic N) is 2. The molecule has 0 unspecified atom stereocenters. The number of nitrogens with one attached hydrogen (secondary N) is 1. The number of morpholine rings is 1. The molecule has 0 atom stereocenters. The Labute approximate surface area is 117 Å². The van der Waals surface area contributed by atoms with Crippen molar-refractivity contribution in [3.63, 3.8) is 0 Å². The molecule has 2 aromatic rings. The number of H-pyrrole nitrogens is 1. The molecule has 6 nitrogen and oxygen atoms in total. The van der Waals surface area contributed by atoms with Gasteiger partial charge in [-0.15, -0.1) is 0 Å². The van der Waals surface area contributed by atoms with Crippen molar-refractivity contribution in [3.8, 4) is 0 Å². The van der Waals surface area contributed by atoms with E-state index in [1.54, 1.807) is 10.6 Å². The largest absolute Gasteiger partial charge is 0.399 e. The lowest BCUT2D eigenvalue weighted by atomic mass is 10.2. The van der Waals surface area contributed by atoms with Gasteiger partial charge in [-0.2, -0.15) is 0 Å². The van der Waals surface area contributed by atoms with Gasteiger partial charge in [0.05, 0.1) is 24.2 Å². The van der Waals surface area contributed by atoms with Crippen LogP contribution in [0.3, 0.4) is 0 Å². The van der Waals surface area contributed by atoms with Gasteiger partial charge in [-0.3, -0.25) is 9.47 Å². The van der Waals surface area contributed by atoms with Crippen molar-refractivity contribution in [2.24, 2.45) is 0 Å². The van der Waals surface area contributed by atoms with Gasteiger partial charge in [0.15, 0.2) is 0 Å². The highest BCUT2D eigenvalue weighted by Gasteiger charge is 2.11. The zero-order valence-corrected chi connectivity index (χ0v) is 11.5. The number of hydrogen-bond donors (Lipinski definition) is 2. The SMILES string of the molecule is Nc1ccc2[nH]c(=O)n(CCCN3CCOCC3)c2c1. The Morgan fingerprint density at radius 1 is 1.25 bits per heavy atom. The molecule has 0 bridgehead atoms. The van der Waals surface area contributed by atoms with E-state index in [0.717, 1.165) is 50.3 Å². The number of benzene rings is 1. The molecular formula is C14H20N4O2. The fourth-order valence-electron chi connectivity index (χ4n) is 2.67. The first-order valence-corrected chi connectivity index (χ1v) is 7.02. The van der Waals surface area contributed by atoms with Crippen molar-refractivity contribution >= 4 is 16.7 Å². The minimum atomic E-state index is -0.0624. The van der Waals surface area contributed by atoms with Gasteiger partial charge >= 0.3 is 5.69 Å². The number of fused-ring (bicyclic) bond motifs is 1. The second-order valence-corrected chi connectivity index (χ2v) is 5.17. The Morgan fingerprint density at radius 3 is 2.85 bits per heavy atom. The van der Waals surface area contributed by atoms with Crippen LogP contribution >= 0.6 is 0 Å². The Bertz CT molecular complexity index is 640. The fourth-order valence-corrected chi connectivity index (χ4v) is 2.67. The van der Waals surface area contributed by atoms with Gasteiger partial charge in [-0.05, 0) is 24.6 Å². The van der Waals surface area contributed by atoms with E-state index in [1.807, 2.05) is 12.1 Å². The molecule has 1 aliphatic rings. The van der Waals surface area contributed by atoms with Crippen LogP contribution in [-0.4, -0.2) is 47.3 Å². The number of nitrogens with two attached hydrogens (primary N) is 1. The first-order valence-electron chi connectivity index (χ1n) is 7.02. The minimum Gasteiger partial charge on any atom is -0.399 e. The van der Waals surface area contributed by atoms with E-state index in [1.165, 1.54) is 0 Å². The smallest absolute Gasteiger partial charge is 0.326 e. The molecule has 0 saturated carbocycles. The van der Waals surface area contributed by atoms with E-state index >= 15 is 0 Å². The van der Waals surface area contributed by atoms with Crippen molar-refractivity contribution in [2.45, 2.75) is 13.0 Å². The summed E-state index contributed by atoms with van der Waals surface area (Å²) in [7, 11) is 0. The predicted octanol–water partition coefficient (Wildman–Crippen LogP) is 0.634. The number of nitrogen functional groups attached to an aromatic ring is 1. The molecule has 1 fully saturated rings. The van der Waals surface area contributed by atoms with Crippen LogP contribution in [0.5, 0.6) is 0 Å². The summed E-state index contributed by atoms with van der Waals surface area (Å²) >= 11 is 0. The van der Waals surface area contributed by atoms with Gasteiger partial charge in [-0.1, -0.05) is 0 Å². The first-order chi connectivity index (χ1) is 9.74. The summed E-state index contributed by atoms with van der Waals surface area (Å²) in [4.78, 5) is 17.2. The molecule has 1 aromatic heterocycles. The number of hydrogen-bond acceptors (Lipinski definition) is 4. The second-order valence-electron chi connectivity index (χ2n) is 5.17. The lowest BCUT2D eigenvalue weighted by Gasteiger charge is -2.26. The van der Waals surface area contributed by atoms with Crippen LogP contribution in [0.2, 0.25) is 0 Å². The molecule has 1 saturated heterocycles. The van der Waals surface area contributed by atoms with Crippen molar-refractivity contribution in [3.05, 3.63) is 28.7 Å². The number of aryl methyl sites for hydroxylation is 1. The standard InChI is InChI=1S/C14H20N4O2/c15-11-2-3-12-13(10-11)18(14(19)16-12)5-1-4-17-6-8-20-9-7-17/h2-3,10H,1,4-9,15H2,(H,16,19). The molecule has 2 heterocycles. The van der Waals surface area contributed by atoms with E-state index in [-0.39, 0.29) is 5.69 Å². The maximum Gasteiger partial charge on any atom is 0.326 e. The van der Waals surface area contributed by atoms with Gasteiger partial charge in [0.25, 0.3) is 0 Å². The normalized spacial score (nSPS) is 16.8.